The smallest absolute Gasteiger partial charge is 0.445 e. The molecule has 2 aliphatic heterocycles. The summed E-state index contributed by atoms with van der Waals surface area (Å²) in [7, 11) is 0. The van der Waals surface area contributed by atoms with Gasteiger partial charge in [0.05, 0.1) is 22.5 Å². The Morgan fingerprint density at radius 1 is 0.814 bits per heavy atom. The van der Waals surface area contributed by atoms with E-state index in [1.165, 1.54) is 53.4 Å². The summed E-state index contributed by atoms with van der Waals surface area (Å²) in [5.74, 6) is -0.297. The Hall–Kier alpha value is -4.83. The Labute approximate surface area is 245 Å². The van der Waals surface area contributed by atoms with Gasteiger partial charge >= 0.3 is 12.2 Å². The standard InChI is InChI=1S/C27H31N5O11/c33-23-15-24(30(16-23)26(35)42-17-19-1-5-21(6-2-19)31(37)38)25(34)29-11-9-28(10-12-29)13-14-41-27(36)43-18-20-3-7-22(8-4-20)32(39)40/h1-8,23-24,33H,9-18H2/t23-,24-/m0/s1. The molecule has 2 aromatic carbocycles. The van der Waals surface area contributed by atoms with Crippen LogP contribution in [0.15, 0.2) is 48.5 Å². The van der Waals surface area contributed by atoms with E-state index in [4.69, 9.17) is 14.2 Å². The largest absolute Gasteiger partial charge is 0.508 e. The summed E-state index contributed by atoms with van der Waals surface area (Å²) in [5.41, 5.74) is 0.967. The van der Waals surface area contributed by atoms with Gasteiger partial charge in [-0.05, 0) is 35.4 Å². The molecule has 2 saturated heterocycles. The van der Waals surface area contributed by atoms with Gasteiger partial charge in [-0.15, -0.1) is 0 Å². The van der Waals surface area contributed by atoms with Gasteiger partial charge in [0.1, 0.15) is 25.9 Å². The van der Waals surface area contributed by atoms with Crippen molar-refractivity contribution < 1.29 is 43.5 Å². The monoisotopic (exact) mass is 601 g/mol. The molecule has 0 bridgehead atoms. The van der Waals surface area contributed by atoms with E-state index >= 15 is 0 Å². The number of rotatable bonds is 10. The van der Waals surface area contributed by atoms with Crippen molar-refractivity contribution in [2.24, 2.45) is 0 Å². The van der Waals surface area contributed by atoms with Gasteiger partial charge < -0.3 is 24.2 Å². The van der Waals surface area contributed by atoms with Crippen molar-refractivity contribution in [3.8, 4) is 0 Å². The zero-order valence-corrected chi connectivity index (χ0v) is 23.1. The average Bonchev–Trinajstić information content (AvgIpc) is 3.40. The summed E-state index contributed by atoms with van der Waals surface area (Å²) in [5, 5.41) is 31.7. The summed E-state index contributed by atoms with van der Waals surface area (Å²) in [6, 6.07) is 10.3. The zero-order valence-electron chi connectivity index (χ0n) is 23.1. The van der Waals surface area contributed by atoms with Crippen molar-refractivity contribution in [2.75, 3.05) is 45.9 Å². The maximum atomic E-state index is 13.3. The first-order chi connectivity index (χ1) is 20.6. The lowest BCUT2D eigenvalue weighted by Gasteiger charge is -2.36. The number of hydrogen-bond acceptors (Lipinski definition) is 12. The normalized spacial score (nSPS) is 18.6. The molecule has 2 aliphatic rings. The van der Waals surface area contributed by atoms with Crippen LogP contribution in [0.3, 0.4) is 0 Å². The Bertz CT molecular complexity index is 1310. The van der Waals surface area contributed by atoms with Crippen LogP contribution in [0.1, 0.15) is 17.5 Å². The number of aliphatic hydroxyl groups excluding tert-OH is 1. The minimum Gasteiger partial charge on any atom is -0.445 e. The van der Waals surface area contributed by atoms with Gasteiger partial charge in [0, 0.05) is 63.4 Å². The maximum absolute atomic E-state index is 13.3. The molecule has 2 amide bonds. The first kappa shape index (κ1) is 31.1. The van der Waals surface area contributed by atoms with Crippen LogP contribution in [0.4, 0.5) is 21.0 Å². The SMILES string of the molecule is O=C(OCCN1CCN(C(=O)[C@@H]2C[C@H](O)CN2C(=O)OCc2ccc([N+](=O)[O-])cc2)CC1)OCc1ccc([N+](=O)[O-])cc1. The second kappa shape index (κ2) is 14.4. The molecule has 2 heterocycles. The molecule has 2 fully saturated rings. The van der Waals surface area contributed by atoms with Crippen LogP contribution in [0, 0.1) is 20.2 Å². The first-order valence-electron chi connectivity index (χ1n) is 13.5. The molecule has 0 saturated carbocycles. The minimum atomic E-state index is -0.875. The van der Waals surface area contributed by atoms with Gasteiger partial charge in [0.2, 0.25) is 5.91 Å². The topological polar surface area (TPSA) is 195 Å². The first-order valence-corrected chi connectivity index (χ1v) is 13.5. The van der Waals surface area contributed by atoms with E-state index in [-0.39, 0.29) is 50.1 Å². The molecule has 0 aliphatic carbocycles. The number of benzene rings is 2. The third-order valence-electron chi connectivity index (χ3n) is 7.12. The molecule has 0 spiro atoms. The summed E-state index contributed by atoms with van der Waals surface area (Å²) >= 11 is 0. The van der Waals surface area contributed by atoms with Gasteiger partial charge in [-0.1, -0.05) is 0 Å². The van der Waals surface area contributed by atoms with Crippen LogP contribution >= 0.6 is 0 Å². The number of likely N-dealkylation sites (tertiary alicyclic amines) is 1. The molecular weight excluding hydrogens is 570 g/mol. The lowest BCUT2D eigenvalue weighted by Crippen LogP contribution is -2.54. The number of aliphatic hydroxyl groups is 1. The molecule has 43 heavy (non-hydrogen) atoms. The summed E-state index contributed by atoms with van der Waals surface area (Å²) in [4.78, 5) is 63.2. The van der Waals surface area contributed by atoms with Gasteiger partial charge in [-0.3, -0.25) is 34.8 Å². The number of nitro groups is 2. The molecule has 16 nitrogen and oxygen atoms in total. The van der Waals surface area contributed by atoms with E-state index in [1.807, 2.05) is 4.90 Å². The number of piperazine rings is 1. The van der Waals surface area contributed by atoms with Crippen molar-refractivity contribution in [2.45, 2.75) is 31.8 Å². The van der Waals surface area contributed by atoms with Crippen molar-refractivity contribution in [1.29, 1.82) is 0 Å². The summed E-state index contributed by atoms with van der Waals surface area (Å²) in [6.07, 6.45) is -2.42. The van der Waals surface area contributed by atoms with E-state index in [1.54, 1.807) is 4.90 Å². The minimum absolute atomic E-state index is 0.0485. The van der Waals surface area contributed by atoms with E-state index in [0.717, 1.165) is 0 Å². The lowest BCUT2D eigenvalue weighted by atomic mass is 10.1. The molecule has 0 radical (unpaired) electrons. The fourth-order valence-electron chi connectivity index (χ4n) is 4.75. The van der Waals surface area contributed by atoms with Crippen molar-refractivity contribution >= 4 is 29.5 Å². The number of ether oxygens (including phenoxy) is 3. The molecule has 16 heteroatoms. The number of hydrogen-bond donors (Lipinski definition) is 1. The highest BCUT2D eigenvalue weighted by Gasteiger charge is 2.42. The van der Waals surface area contributed by atoms with Crippen LogP contribution in [0.25, 0.3) is 0 Å². The van der Waals surface area contributed by atoms with Crippen LogP contribution < -0.4 is 0 Å². The van der Waals surface area contributed by atoms with Gasteiger partial charge in [-0.2, -0.15) is 0 Å². The van der Waals surface area contributed by atoms with Crippen LogP contribution in [-0.4, -0.2) is 106 Å². The predicted molar refractivity (Wildman–Crippen MR) is 147 cm³/mol. The number of carbonyl (C=O) groups excluding carboxylic acids is 3. The number of carbonyl (C=O) groups is 3. The fraction of sp³-hybridized carbons (Fsp3) is 0.444. The van der Waals surface area contributed by atoms with Crippen LogP contribution in [-0.2, 0) is 32.2 Å². The zero-order chi connectivity index (χ0) is 30.9. The molecule has 230 valence electrons. The predicted octanol–water partition coefficient (Wildman–Crippen LogP) is 2.07. The lowest BCUT2D eigenvalue weighted by molar-refractivity contribution is -0.385. The molecule has 1 N–H and O–H groups in total. The highest BCUT2D eigenvalue weighted by atomic mass is 16.7. The second-order valence-corrected chi connectivity index (χ2v) is 10.0. The quantitative estimate of drug-likeness (QED) is 0.237. The molecule has 4 rings (SSSR count). The average molecular weight is 602 g/mol. The number of β-amino-alcohol motifs (C(OH)–C–C–N with tert-alkyl or cyclic N) is 1. The van der Waals surface area contributed by atoms with E-state index in [2.05, 4.69) is 0 Å². The maximum Gasteiger partial charge on any atom is 0.508 e. The van der Waals surface area contributed by atoms with Gasteiger partial charge in [0.15, 0.2) is 0 Å². The van der Waals surface area contributed by atoms with Crippen molar-refractivity contribution in [1.82, 2.24) is 14.7 Å². The van der Waals surface area contributed by atoms with Gasteiger partial charge in [0.25, 0.3) is 11.4 Å². The third-order valence-corrected chi connectivity index (χ3v) is 7.12. The van der Waals surface area contributed by atoms with Crippen LogP contribution in [0.5, 0.6) is 0 Å². The highest BCUT2D eigenvalue weighted by Crippen LogP contribution is 2.23. The Kier molecular flexibility index (Phi) is 10.4. The Balaban J connectivity index is 1.16. The molecule has 2 atom stereocenters. The van der Waals surface area contributed by atoms with Gasteiger partial charge in [-0.25, -0.2) is 9.59 Å². The molecule has 0 unspecified atom stereocenters. The Morgan fingerprint density at radius 2 is 1.35 bits per heavy atom. The second-order valence-electron chi connectivity index (χ2n) is 10.0. The Morgan fingerprint density at radius 3 is 1.88 bits per heavy atom. The van der Waals surface area contributed by atoms with Crippen molar-refractivity contribution in [3.63, 3.8) is 0 Å². The summed E-state index contributed by atoms with van der Waals surface area (Å²) < 4.78 is 15.4. The van der Waals surface area contributed by atoms with E-state index < -0.39 is 34.2 Å². The molecule has 0 aromatic heterocycles. The molecule has 2 aromatic rings. The van der Waals surface area contributed by atoms with E-state index in [9.17, 15) is 39.7 Å². The molecular formula is C27H31N5O11. The number of amides is 2. The number of nitro benzene ring substituents is 2. The highest BCUT2D eigenvalue weighted by molar-refractivity contribution is 5.86. The van der Waals surface area contributed by atoms with Crippen molar-refractivity contribution in [3.05, 3.63) is 79.9 Å². The third kappa shape index (κ3) is 8.59. The number of non-ortho nitro benzene ring substituents is 2. The summed E-state index contributed by atoms with van der Waals surface area (Å²) in [6.45, 7) is 1.97. The fourth-order valence-corrected chi connectivity index (χ4v) is 4.75. The number of nitrogens with zero attached hydrogens (tertiary/aromatic N) is 5. The van der Waals surface area contributed by atoms with E-state index in [0.29, 0.717) is 43.9 Å². The van der Waals surface area contributed by atoms with Crippen LogP contribution in [0.2, 0.25) is 0 Å².